The van der Waals surface area contributed by atoms with E-state index in [-0.39, 0.29) is 17.1 Å². The van der Waals surface area contributed by atoms with Gasteiger partial charge < -0.3 is 10.2 Å². The summed E-state index contributed by atoms with van der Waals surface area (Å²) < 4.78 is 0. The average Bonchev–Trinajstić information content (AvgIpc) is 2.35. The number of rotatable bonds is 4. The molecular weight excluding hydrogens is 252 g/mol. The Morgan fingerprint density at radius 3 is 2.83 bits per heavy atom. The lowest BCUT2D eigenvalue weighted by Gasteiger charge is -2.21. The minimum atomic E-state index is -0.384. The third-order valence-corrected chi connectivity index (χ3v) is 2.67. The van der Waals surface area contributed by atoms with Crippen LogP contribution in [0.1, 0.15) is 18.9 Å². The van der Waals surface area contributed by atoms with Crippen molar-refractivity contribution in [1.82, 2.24) is 9.88 Å². The zero-order chi connectivity index (χ0) is 13.7. The number of carbonyl (C=O) groups excluding carboxylic acids is 1. The number of pyridine rings is 1. The molecule has 18 heavy (non-hydrogen) atoms. The highest BCUT2D eigenvalue weighted by molar-refractivity contribution is 6.29. The molecule has 1 rings (SSSR count). The molecule has 0 aliphatic heterocycles. The van der Waals surface area contributed by atoms with Crippen LogP contribution in [0.5, 0.6) is 0 Å². The van der Waals surface area contributed by atoms with Gasteiger partial charge in [0.1, 0.15) is 17.3 Å². The normalized spacial score (nSPS) is 11.5. The quantitative estimate of drug-likeness (QED) is 0.845. The molecule has 0 saturated carbocycles. The summed E-state index contributed by atoms with van der Waals surface area (Å²) in [6.45, 7) is 1.90. The predicted molar refractivity (Wildman–Crippen MR) is 70.4 cm³/mol. The minimum Gasteiger partial charge on any atom is -0.372 e. The molecule has 0 bridgehead atoms. The van der Waals surface area contributed by atoms with E-state index >= 15 is 0 Å². The number of carbonyl (C=O) groups is 1. The van der Waals surface area contributed by atoms with E-state index < -0.39 is 0 Å². The Morgan fingerprint density at radius 1 is 1.67 bits per heavy atom. The van der Waals surface area contributed by atoms with Crippen molar-refractivity contribution in [3.05, 3.63) is 23.0 Å². The van der Waals surface area contributed by atoms with Crippen molar-refractivity contribution in [2.75, 3.05) is 19.4 Å². The van der Waals surface area contributed by atoms with Gasteiger partial charge in [-0.25, -0.2) is 4.98 Å². The number of likely N-dealkylation sites (N-methyl/N-ethyl adjacent to an activating group) is 1. The monoisotopic (exact) mass is 266 g/mol. The highest BCUT2D eigenvalue weighted by atomic mass is 35.5. The van der Waals surface area contributed by atoms with E-state index in [0.717, 1.165) is 0 Å². The van der Waals surface area contributed by atoms with Crippen LogP contribution in [0.25, 0.3) is 0 Å². The van der Waals surface area contributed by atoms with Crippen LogP contribution in [0.4, 0.5) is 5.69 Å². The number of aromatic nitrogens is 1. The highest BCUT2D eigenvalue weighted by Gasteiger charge is 2.19. The van der Waals surface area contributed by atoms with Gasteiger partial charge in [0.15, 0.2) is 0 Å². The smallest absolute Gasteiger partial charge is 0.244 e. The van der Waals surface area contributed by atoms with Gasteiger partial charge in [-0.05, 0) is 12.5 Å². The van der Waals surface area contributed by atoms with Crippen LogP contribution in [0.2, 0.25) is 5.15 Å². The van der Waals surface area contributed by atoms with E-state index in [9.17, 15) is 4.79 Å². The second kappa shape index (κ2) is 6.22. The fourth-order valence-electron chi connectivity index (χ4n) is 1.48. The first-order valence-electron chi connectivity index (χ1n) is 5.53. The van der Waals surface area contributed by atoms with Crippen LogP contribution >= 0.6 is 11.6 Å². The topological polar surface area (TPSA) is 69.0 Å². The molecule has 1 amide bonds. The van der Waals surface area contributed by atoms with Crippen molar-refractivity contribution >= 4 is 23.2 Å². The van der Waals surface area contributed by atoms with E-state index in [1.807, 2.05) is 13.0 Å². The van der Waals surface area contributed by atoms with Crippen LogP contribution in [0.3, 0.4) is 0 Å². The molecule has 96 valence electrons. The maximum Gasteiger partial charge on any atom is 0.244 e. The minimum absolute atomic E-state index is 0.0469. The molecule has 0 fully saturated rings. The van der Waals surface area contributed by atoms with Crippen LogP contribution in [-0.4, -0.2) is 35.9 Å². The van der Waals surface area contributed by atoms with E-state index in [1.165, 1.54) is 11.1 Å². The fraction of sp³-hybridized carbons (Fsp3) is 0.417. The molecule has 0 aliphatic carbocycles. The molecule has 1 N–H and O–H groups in total. The number of nitrogens with zero attached hydrogens (tertiary/aromatic N) is 3. The van der Waals surface area contributed by atoms with Crippen molar-refractivity contribution in [3.63, 3.8) is 0 Å². The van der Waals surface area contributed by atoms with Gasteiger partial charge in [0.2, 0.25) is 5.91 Å². The average molecular weight is 267 g/mol. The van der Waals surface area contributed by atoms with Crippen LogP contribution < -0.4 is 5.32 Å². The summed E-state index contributed by atoms with van der Waals surface area (Å²) in [5, 5.41) is 12.3. The van der Waals surface area contributed by atoms with Crippen molar-refractivity contribution < 1.29 is 4.79 Å². The van der Waals surface area contributed by atoms with Gasteiger partial charge in [-0.2, -0.15) is 5.26 Å². The third kappa shape index (κ3) is 3.34. The largest absolute Gasteiger partial charge is 0.372 e. The van der Waals surface area contributed by atoms with E-state index in [4.69, 9.17) is 16.9 Å². The number of hydrogen-bond acceptors (Lipinski definition) is 4. The molecular formula is C12H15ClN4O. The van der Waals surface area contributed by atoms with Crippen molar-refractivity contribution in [2.24, 2.45) is 0 Å². The number of anilines is 1. The highest BCUT2D eigenvalue weighted by Crippen LogP contribution is 2.19. The number of hydrogen-bond donors (Lipinski definition) is 1. The van der Waals surface area contributed by atoms with Crippen LogP contribution in [0, 0.1) is 11.3 Å². The molecule has 1 atom stereocenters. The Bertz CT molecular complexity index is 481. The van der Waals surface area contributed by atoms with Gasteiger partial charge in [0.25, 0.3) is 0 Å². The van der Waals surface area contributed by atoms with Gasteiger partial charge in [0, 0.05) is 20.3 Å². The summed E-state index contributed by atoms with van der Waals surface area (Å²) in [6.07, 6.45) is 2.00. The summed E-state index contributed by atoms with van der Waals surface area (Å²) in [4.78, 5) is 17.2. The first-order valence-corrected chi connectivity index (χ1v) is 5.90. The van der Waals surface area contributed by atoms with Gasteiger partial charge in [0.05, 0.1) is 11.3 Å². The molecule has 0 radical (unpaired) electrons. The Kier molecular flexibility index (Phi) is 4.93. The molecule has 1 unspecified atom stereocenters. The summed E-state index contributed by atoms with van der Waals surface area (Å²) in [7, 11) is 3.38. The SMILES string of the molecule is CCC(Nc1cc(Cl)ncc1C#N)C(=O)N(C)C. The van der Waals surface area contributed by atoms with Crippen LogP contribution in [-0.2, 0) is 4.79 Å². The molecule has 0 aromatic carbocycles. The number of halogens is 1. The maximum atomic E-state index is 11.9. The molecule has 0 aliphatic rings. The number of nitriles is 1. The molecule has 1 aromatic rings. The summed E-state index contributed by atoms with van der Waals surface area (Å²) in [5.74, 6) is -0.0469. The zero-order valence-electron chi connectivity index (χ0n) is 10.6. The summed E-state index contributed by atoms with van der Waals surface area (Å²) >= 11 is 5.79. The first kappa shape index (κ1) is 14.3. The molecule has 6 heteroatoms. The molecule has 1 heterocycles. The Labute approximate surface area is 111 Å². The van der Waals surface area contributed by atoms with Crippen molar-refractivity contribution in [2.45, 2.75) is 19.4 Å². The van der Waals surface area contributed by atoms with Crippen molar-refractivity contribution in [1.29, 1.82) is 5.26 Å². The van der Waals surface area contributed by atoms with E-state index in [2.05, 4.69) is 10.3 Å². The number of nitrogens with one attached hydrogen (secondary N) is 1. The fourth-order valence-corrected chi connectivity index (χ4v) is 1.63. The lowest BCUT2D eigenvalue weighted by Crippen LogP contribution is -2.38. The Morgan fingerprint density at radius 2 is 2.33 bits per heavy atom. The Balaban J connectivity index is 2.98. The molecule has 0 saturated heterocycles. The number of amides is 1. The lowest BCUT2D eigenvalue weighted by atomic mass is 10.1. The Hall–Kier alpha value is -1.80. The third-order valence-electron chi connectivity index (χ3n) is 2.47. The molecule has 0 spiro atoms. The lowest BCUT2D eigenvalue weighted by molar-refractivity contribution is -0.129. The van der Waals surface area contributed by atoms with Crippen LogP contribution in [0.15, 0.2) is 12.3 Å². The maximum absolute atomic E-state index is 11.9. The zero-order valence-corrected chi connectivity index (χ0v) is 11.3. The first-order chi connectivity index (χ1) is 8.49. The van der Waals surface area contributed by atoms with Gasteiger partial charge in [-0.3, -0.25) is 4.79 Å². The second-order valence-electron chi connectivity index (χ2n) is 4.00. The van der Waals surface area contributed by atoms with Gasteiger partial charge >= 0.3 is 0 Å². The second-order valence-corrected chi connectivity index (χ2v) is 4.39. The van der Waals surface area contributed by atoms with Crippen molar-refractivity contribution in [3.8, 4) is 6.07 Å². The van der Waals surface area contributed by atoms with E-state index in [0.29, 0.717) is 17.7 Å². The van der Waals surface area contributed by atoms with E-state index in [1.54, 1.807) is 20.2 Å². The predicted octanol–water partition coefficient (Wildman–Crippen LogP) is 1.89. The molecule has 5 nitrogen and oxygen atoms in total. The molecule has 1 aromatic heterocycles. The van der Waals surface area contributed by atoms with Gasteiger partial charge in [-0.1, -0.05) is 18.5 Å². The standard InChI is InChI=1S/C12H15ClN4O/c1-4-9(12(18)17(2)3)16-10-5-11(13)15-7-8(10)6-14/h5,7,9H,4H2,1-3H3,(H,15,16). The summed E-state index contributed by atoms with van der Waals surface area (Å²) in [5.41, 5.74) is 0.893. The summed E-state index contributed by atoms with van der Waals surface area (Å²) in [6, 6.07) is 3.18. The van der Waals surface area contributed by atoms with Gasteiger partial charge in [-0.15, -0.1) is 0 Å².